The highest BCUT2D eigenvalue weighted by Crippen LogP contribution is 2.30. The van der Waals surface area contributed by atoms with E-state index < -0.39 is 6.04 Å². The van der Waals surface area contributed by atoms with E-state index in [0.29, 0.717) is 23.8 Å². The SMILES string of the molecule is CCOc1cc(NC(=O)[C@@H](N)C(C)(C)C)ccc1OC.Cl. The fraction of sp³-hybridized carbons (Fsp3) is 0.533. The lowest BCUT2D eigenvalue weighted by atomic mass is 9.87. The number of nitrogens with two attached hydrogens (primary N) is 1. The van der Waals surface area contributed by atoms with Gasteiger partial charge in [-0.3, -0.25) is 4.79 Å². The number of methoxy groups -OCH3 is 1. The Morgan fingerprint density at radius 1 is 1.33 bits per heavy atom. The van der Waals surface area contributed by atoms with Gasteiger partial charge in [-0.15, -0.1) is 12.4 Å². The first-order valence-electron chi connectivity index (χ1n) is 6.67. The number of anilines is 1. The molecule has 21 heavy (non-hydrogen) atoms. The van der Waals surface area contributed by atoms with E-state index in [0.717, 1.165) is 0 Å². The molecule has 5 nitrogen and oxygen atoms in total. The van der Waals surface area contributed by atoms with Crippen LogP contribution in [0.25, 0.3) is 0 Å². The number of carbonyl (C=O) groups excluding carboxylic acids is 1. The number of nitrogens with one attached hydrogen (secondary N) is 1. The summed E-state index contributed by atoms with van der Waals surface area (Å²) in [5, 5.41) is 2.80. The molecular formula is C15H25ClN2O3. The summed E-state index contributed by atoms with van der Waals surface area (Å²) in [7, 11) is 1.58. The Morgan fingerprint density at radius 3 is 2.43 bits per heavy atom. The second-order valence-corrected chi connectivity index (χ2v) is 5.63. The molecule has 0 heterocycles. The summed E-state index contributed by atoms with van der Waals surface area (Å²) in [4.78, 5) is 12.1. The van der Waals surface area contributed by atoms with E-state index in [1.807, 2.05) is 27.7 Å². The van der Waals surface area contributed by atoms with Gasteiger partial charge in [-0.25, -0.2) is 0 Å². The zero-order chi connectivity index (χ0) is 15.3. The average Bonchev–Trinajstić information content (AvgIpc) is 2.37. The van der Waals surface area contributed by atoms with Crippen LogP contribution in [0.1, 0.15) is 27.7 Å². The highest BCUT2D eigenvalue weighted by molar-refractivity contribution is 5.95. The Hall–Kier alpha value is -1.46. The van der Waals surface area contributed by atoms with Crippen molar-refractivity contribution in [3.05, 3.63) is 18.2 Å². The van der Waals surface area contributed by atoms with Crippen LogP contribution < -0.4 is 20.5 Å². The molecule has 1 atom stereocenters. The van der Waals surface area contributed by atoms with Crippen molar-refractivity contribution < 1.29 is 14.3 Å². The van der Waals surface area contributed by atoms with Gasteiger partial charge in [0.15, 0.2) is 11.5 Å². The number of halogens is 1. The maximum absolute atomic E-state index is 12.1. The van der Waals surface area contributed by atoms with E-state index in [4.69, 9.17) is 15.2 Å². The van der Waals surface area contributed by atoms with Crippen molar-refractivity contribution in [2.24, 2.45) is 11.1 Å². The van der Waals surface area contributed by atoms with Crippen molar-refractivity contribution in [3.8, 4) is 11.5 Å². The lowest BCUT2D eigenvalue weighted by molar-refractivity contribution is -0.119. The molecule has 0 aliphatic rings. The molecule has 0 unspecified atom stereocenters. The second-order valence-electron chi connectivity index (χ2n) is 5.63. The minimum absolute atomic E-state index is 0. The van der Waals surface area contributed by atoms with E-state index in [9.17, 15) is 4.79 Å². The highest BCUT2D eigenvalue weighted by atomic mass is 35.5. The van der Waals surface area contributed by atoms with Crippen LogP contribution in [0.4, 0.5) is 5.69 Å². The molecule has 1 rings (SSSR count). The molecule has 0 radical (unpaired) electrons. The van der Waals surface area contributed by atoms with Crippen molar-refractivity contribution >= 4 is 24.0 Å². The van der Waals surface area contributed by atoms with Crippen LogP contribution in [0.2, 0.25) is 0 Å². The van der Waals surface area contributed by atoms with Gasteiger partial charge >= 0.3 is 0 Å². The van der Waals surface area contributed by atoms with Crippen LogP contribution in [0, 0.1) is 5.41 Å². The monoisotopic (exact) mass is 316 g/mol. The number of rotatable bonds is 5. The zero-order valence-electron chi connectivity index (χ0n) is 13.2. The van der Waals surface area contributed by atoms with Crippen LogP contribution in [0.3, 0.4) is 0 Å². The summed E-state index contributed by atoms with van der Waals surface area (Å²) < 4.78 is 10.7. The molecule has 0 bridgehead atoms. The van der Waals surface area contributed by atoms with Crippen molar-refractivity contribution in [2.45, 2.75) is 33.7 Å². The molecule has 0 fully saturated rings. The smallest absolute Gasteiger partial charge is 0.241 e. The first-order chi connectivity index (χ1) is 9.29. The fourth-order valence-corrected chi connectivity index (χ4v) is 1.64. The molecule has 0 aliphatic heterocycles. The molecule has 6 heteroatoms. The standard InChI is InChI=1S/C15H24N2O3.ClH/c1-6-20-12-9-10(7-8-11(12)19-5)17-14(18)13(16)15(2,3)4;/h7-9,13H,6,16H2,1-5H3,(H,17,18);1H/t13-;/m1./s1. The summed E-state index contributed by atoms with van der Waals surface area (Å²) in [6.07, 6.45) is 0. The van der Waals surface area contributed by atoms with Gasteiger partial charge in [0.1, 0.15) is 0 Å². The molecule has 0 aliphatic carbocycles. The molecule has 1 amide bonds. The third-order valence-corrected chi connectivity index (χ3v) is 2.95. The van der Waals surface area contributed by atoms with Crippen LogP contribution in [-0.4, -0.2) is 25.7 Å². The van der Waals surface area contributed by atoms with Gasteiger partial charge in [-0.05, 0) is 24.5 Å². The Bertz CT molecular complexity index is 472. The van der Waals surface area contributed by atoms with Crippen LogP contribution in [0.5, 0.6) is 11.5 Å². The van der Waals surface area contributed by atoms with Gasteiger partial charge in [-0.1, -0.05) is 20.8 Å². The predicted octanol–water partition coefficient (Wildman–Crippen LogP) is 2.83. The van der Waals surface area contributed by atoms with Crippen molar-refractivity contribution in [1.82, 2.24) is 0 Å². The molecule has 0 saturated carbocycles. The van der Waals surface area contributed by atoms with E-state index in [-0.39, 0.29) is 23.7 Å². The van der Waals surface area contributed by atoms with Gasteiger partial charge in [-0.2, -0.15) is 0 Å². The first kappa shape index (κ1) is 19.5. The summed E-state index contributed by atoms with van der Waals surface area (Å²) in [6, 6.07) is 4.66. The van der Waals surface area contributed by atoms with Gasteiger partial charge in [0.2, 0.25) is 5.91 Å². The summed E-state index contributed by atoms with van der Waals surface area (Å²) in [5.74, 6) is 1.01. The minimum Gasteiger partial charge on any atom is -0.493 e. The quantitative estimate of drug-likeness (QED) is 0.876. The second kappa shape index (κ2) is 8.10. The lowest BCUT2D eigenvalue weighted by Crippen LogP contribution is -2.45. The largest absolute Gasteiger partial charge is 0.493 e. The van der Waals surface area contributed by atoms with Gasteiger partial charge in [0.25, 0.3) is 0 Å². The summed E-state index contributed by atoms with van der Waals surface area (Å²) >= 11 is 0. The minimum atomic E-state index is -0.583. The van der Waals surface area contributed by atoms with E-state index >= 15 is 0 Å². The van der Waals surface area contributed by atoms with Gasteiger partial charge in [0, 0.05) is 11.8 Å². The van der Waals surface area contributed by atoms with E-state index in [1.165, 1.54) is 0 Å². The first-order valence-corrected chi connectivity index (χ1v) is 6.67. The third kappa shape index (κ3) is 5.44. The fourth-order valence-electron chi connectivity index (χ4n) is 1.64. The maximum Gasteiger partial charge on any atom is 0.241 e. The molecule has 0 saturated heterocycles. The molecule has 0 spiro atoms. The molecular weight excluding hydrogens is 292 g/mol. The Balaban J connectivity index is 0.00000400. The highest BCUT2D eigenvalue weighted by Gasteiger charge is 2.27. The van der Waals surface area contributed by atoms with Gasteiger partial charge in [0.05, 0.1) is 19.8 Å². The number of carbonyl (C=O) groups is 1. The Kier molecular flexibility index (Phi) is 7.53. The lowest BCUT2D eigenvalue weighted by Gasteiger charge is -2.25. The molecule has 120 valence electrons. The number of ether oxygens (including phenoxy) is 2. The van der Waals surface area contributed by atoms with E-state index in [2.05, 4.69) is 5.32 Å². The zero-order valence-corrected chi connectivity index (χ0v) is 14.0. The molecule has 1 aromatic rings. The van der Waals surface area contributed by atoms with Crippen molar-refractivity contribution in [2.75, 3.05) is 19.0 Å². The van der Waals surface area contributed by atoms with Crippen molar-refractivity contribution in [3.63, 3.8) is 0 Å². The normalized spacial score (nSPS) is 12.1. The summed E-state index contributed by atoms with van der Waals surface area (Å²) in [5.41, 5.74) is 6.27. The van der Waals surface area contributed by atoms with Crippen LogP contribution >= 0.6 is 12.4 Å². The molecule has 3 N–H and O–H groups in total. The Labute approximate surface area is 132 Å². The molecule has 0 aromatic heterocycles. The number of amides is 1. The third-order valence-electron chi connectivity index (χ3n) is 2.95. The molecule has 1 aromatic carbocycles. The van der Waals surface area contributed by atoms with E-state index in [1.54, 1.807) is 25.3 Å². The van der Waals surface area contributed by atoms with Gasteiger partial charge < -0.3 is 20.5 Å². The maximum atomic E-state index is 12.1. The predicted molar refractivity (Wildman–Crippen MR) is 87.5 cm³/mol. The topological polar surface area (TPSA) is 73.6 Å². The number of benzene rings is 1. The number of hydrogen-bond donors (Lipinski definition) is 2. The van der Waals surface area contributed by atoms with Crippen molar-refractivity contribution in [1.29, 1.82) is 0 Å². The average molecular weight is 317 g/mol. The van der Waals surface area contributed by atoms with Crippen LogP contribution in [0.15, 0.2) is 18.2 Å². The van der Waals surface area contributed by atoms with Crippen LogP contribution in [-0.2, 0) is 4.79 Å². The summed E-state index contributed by atoms with van der Waals surface area (Å²) in [6.45, 7) is 8.19. The number of hydrogen-bond acceptors (Lipinski definition) is 4. The Morgan fingerprint density at radius 2 is 1.95 bits per heavy atom.